The molecule has 0 nitrogen and oxygen atoms in total. The Kier molecular flexibility index (Phi) is 6.44. The van der Waals surface area contributed by atoms with Crippen LogP contribution in [0.4, 0.5) is 0 Å². The summed E-state index contributed by atoms with van der Waals surface area (Å²) in [6, 6.07) is 0. The van der Waals surface area contributed by atoms with Gasteiger partial charge in [-0.3, -0.25) is 22.4 Å². The van der Waals surface area contributed by atoms with Crippen LogP contribution in [0.3, 0.4) is 0 Å². The zero-order chi connectivity index (χ0) is 6.57. The second kappa shape index (κ2) is 5.38. The Bertz CT molecular complexity index is 114. The van der Waals surface area contributed by atoms with Crippen molar-refractivity contribution in [2.24, 2.45) is 0 Å². The molecule has 0 rings (SSSR count). The summed E-state index contributed by atoms with van der Waals surface area (Å²) in [5.74, 6) is 0. The van der Waals surface area contributed by atoms with Crippen LogP contribution < -0.4 is 0 Å². The molecule has 0 saturated heterocycles. The molecule has 0 aliphatic rings. The lowest BCUT2D eigenvalue weighted by Crippen LogP contribution is -2.00. The Morgan fingerprint density at radius 1 is 1.62 bits per heavy atom. The van der Waals surface area contributed by atoms with Gasteiger partial charge in [0.25, 0.3) is 0 Å². The highest BCUT2D eigenvalue weighted by Gasteiger charge is 1.92. The minimum absolute atomic E-state index is 0.207. The van der Waals surface area contributed by atoms with E-state index in [2.05, 4.69) is 29.3 Å². The summed E-state index contributed by atoms with van der Waals surface area (Å²) in [5, 5.41) is 0. The maximum absolute atomic E-state index is 4.90. The first-order valence-electron chi connectivity index (χ1n) is 2.40. The van der Waals surface area contributed by atoms with Crippen molar-refractivity contribution in [3.63, 3.8) is 0 Å². The van der Waals surface area contributed by atoms with Crippen molar-refractivity contribution in [3.05, 3.63) is 0 Å². The summed E-state index contributed by atoms with van der Waals surface area (Å²) in [5.41, 5.74) is 0. The van der Waals surface area contributed by atoms with Crippen molar-refractivity contribution in [3.8, 4) is 0 Å². The minimum atomic E-state index is -0.207. The fourth-order valence-electron chi connectivity index (χ4n) is 0.323. The first kappa shape index (κ1) is 9.58. The molecular weight excluding hydrogens is 270 g/mol. The third-order valence-electron chi connectivity index (χ3n) is 0.724. The van der Waals surface area contributed by atoms with E-state index in [0.717, 1.165) is 0 Å². The Morgan fingerprint density at radius 2 is 2.12 bits per heavy atom. The lowest BCUT2D eigenvalue weighted by molar-refractivity contribution is 1.08. The van der Waals surface area contributed by atoms with Crippen LogP contribution >= 0.6 is 22.4 Å². The molecule has 0 atom stereocenters. The van der Waals surface area contributed by atoms with Crippen molar-refractivity contribution >= 4 is 56.5 Å². The van der Waals surface area contributed by atoms with Gasteiger partial charge >= 0.3 is 0 Å². The van der Waals surface area contributed by atoms with Crippen LogP contribution in [-0.4, -0.2) is 3.85 Å². The summed E-state index contributed by atoms with van der Waals surface area (Å²) >= 11 is 12.1. The largest absolute Gasteiger partial charge is 0.359 e. The van der Waals surface area contributed by atoms with Gasteiger partial charge in [-0.05, 0) is 0 Å². The average Bonchev–Trinajstić information content (AvgIpc) is 1.67. The first-order chi connectivity index (χ1) is 3.68. The van der Waals surface area contributed by atoms with Gasteiger partial charge in [-0.2, -0.15) is 22.4 Å². The molecule has 0 bridgehead atoms. The molecule has 0 heterocycles. The van der Waals surface area contributed by atoms with Crippen molar-refractivity contribution < 1.29 is 0 Å². The van der Waals surface area contributed by atoms with Gasteiger partial charge in [0.05, 0.1) is 0 Å². The van der Waals surface area contributed by atoms with E-state index >= 15 is 0 Å². The standard InChI is InChI=1S/C3H7BIS3/c1-2-3-4(5)8(6)7/h2-3H2,1H3/q-1. The Labute approximate surface area is 75.5 Å². The summed E-state index contributed by atoms with van der Waals surface area (Å²) in [6.45, 7) is 2.16. The van der Waals surface area contributed by atoms with Crippen LogP contribution in [-0.2, 0) is 30.2 Å². The van der Waals surface area contributed by atoms with Gasteiger partial charge in [-0.15, -0.1) is 0 Å². The number of rotatable bonds is 3. The van der Waals surface area contributed by atoms with Gasteiger partial charge in [-0.1, -0.05) is 19.7 Å². The van der Waals surface area contributed by atoms with E-state index in [0.29, 0.717) is 3.85 Å². The van der Waals surface area contributed by atoms with Crippen molar-refractivity contribution in [2.45, 2.75) is 19.7 Å². The second-order valence-corrected chi connectivity index (χ2v) is 7.69. The van der Waals surface area contributed by atoms with Crippen molar-refractivity contribution in [1.82, 2.24) is 0 Å². The van der Waals surface area contributed by atoms with Crippen LogP contribution in [0, 0.1) is 0 Å². The normalized spacial score (nSPS) is 9.88. The molecule has 0 radical (unpaired) electrons. The van der Waals surface area contributed by atoms with Gasteiger partial charge in [0.2, 0.25) is 0 Å². The first-order valence-corrected chi connectivity index (χ1v) is 6.79. The molecule has 0 fully saturated rings. The van der Waals surface area contributed by atoms with E-state index in [-0.39, 0.29) is 7.86 Å². The predicted molar refractivity (Wildman–Crippen MR) is 57.0 cm³/mol. The summed E-state index contributed by atoms with van der Waals surface area (Å²) in [7, 11) is -0.207. The van der Waals surface area contributed by atoms with Gasteiger partial charge in [0, 0.05) is 0 Å². The van der Waals surface area contributed by atoms with E-state index in [9.17, 15) is 0 Å². The molecule has 0 aliphatic carbocycles. The molecule has 0 aromatic rings. The Hall–Kier alpha value is 1.58. The highest BCUT2D eigenvalue weighted by Crippen LogP contribution is 2.04. The molecule has 0 saturated carbocycles. The van der Waals surface area contributed by atoms with Crippen LogP contribution in [0.1, 0.15) is 13.3 Å². The lowest BCUT2D eigenvalue weighted by Gasteiger charge is -2.05. The maximum atomic E-state index is 4.90. The smallest absolute Gasteiger partial charge is 0.123 e. The quantitative estimate of drug-likeness (QED) is 0.439. The van der Waals surface area contributed by atoms with E-state index in [1.165, 1.54) is 12.7 Å². The summed E-state index contributed by atoms with van der Waals surface area (Å²) < 4.78 is 0.544. The topological polar surface area (TPSA) is 0 Å². The highest BCUT2D eigenvalue weighted by atomic mass is 127. The third kappa shape index (κ3) is 4.46. The van der Waals surface area contributed by atoms with E-state index in [1.807, 2.05) is 0 Å². The molecule has 0 unspecified atom stereocenters. The molecular formula is C3H7BIS3-. The van der Waals surface area contributed by atoms with E-state index in [1.54, 1.807) is 0 Å². The zero-order valence-electron chi connectivity index (χ0n) is 4.59. The van der Waals surface area contributed by atoms with Crippen molar-refractivity contribution in [2.75, 3.05) is 0 Å². The lowest BCUT2D eigenvalue weighted by atomic mass is 10.0. The van der Waals surface area contributed by atoms with Crippen LogP contribution in [0.2, 0.25) is 6.32 Å². The number of hydrogen-bond acceptors (Lipinski definition) is 3. The van der Waals surface area contributed by atoms with Gasteiger partial charge in [-0.25, -0.2) is 0 Å². The molecule has 0 amide bonds. The van der Waals surface area contributed by atoms with Gasteiger partial charge in [0.1, 0.15) is 3.85 Å². The number of halogens is 1. The van der Waals surface area contributed by atoms with Crippen molar-refractivity contribution in [1.29, 1.82) is 0 Å². The fourth-order valence-corrected chi connectivity index (χ4v) is 1.95. The molecule has 48 valence electrons. The molecule has 0 N–H and O–H groups in total. The third-order valence-corrected chi connectivity index (χ3v) is 6.99. The molecule has 8 heavy (non-hydrogen) atoms. The zero-order valence-corrected chi connectivity index (χ0v) is 9.20. The van der Waals surface area contributed by atoms with E-state index in [4.69, 9.17) is 22.4 Å². The molecule has 0 aliphatic heterocycles. The molecule has 5 heteroatoms. The average molecular weight is 277 g/mol. The molecule has 0 aromatic carbocycles. The molecule has 0 aromatic heterocycles. The van der Waals surface area contributed by atoms with Gasteiger partial charge < -0.3 is 7.86 Å². The fraction of sp³-hybridized carbons (Fsp3) is 1.00. The number of hydrogen-bond donors (Lipinski definition) is 0. The van der Waals surface area contributed by atoms with Gasteiger partial charge in [0.15, 0.2) is 0 Å². The maximum Gasteiger partial charge on any atom is 0.123 e. The highest BCUT2D eigenvalue weighted by molar-refractivity contribution is 14.1. The predicted octanol–water partition coefficient (Wildman–Crippen LogP) is 1.86. The summed E-state index contributed by atoms with van der Waals surface area (Å²) in [6.07, 6.45) is 2.38. The monoisotopic (exact) mass is 277 g/mol. The summed E-state index contributed by atoms with van der Waals surface area (Å²) in [4.78, 5) is 0. The SMILES string of the molecule is CCCB(I)[S-](=S)=S. The Balaban J connectivity index is 3.48. The molecule has 0 spiro atoms. The second-order valence-electron chi connectivity index (χ2n) is 1.46. The minimum Gasteiger partial charge on any atom is -0.359 e. The van der Waals surface area contributed by atoms with E-state index < -0.39 is 0 Å². The van der Waals surface area contributed by atoms with Crippen LogP contribution in [0.25, 0.3) is 0 Å². The van der Waals surface area contributed by atoms with Crippen LogP contribution in [0.15, 0.2) is 0 Å². The Morgan fingerprint density at radius 3 is 2.25 bits per heavy atom. The van der Waals surface area contributed by atoms with Crippen LogP contribution in [0.5, 0.6) is 0 Å².